The lowest BCUT2D eigenvalue weighted by Gasteiger charge is -2.13. The molecule has 6 heteroatoms. The van der Waals surface area contributed by atoms with Crippen LogP contribution in [0, 0.1) is 0 Å². The molecule has 0 radical (unpaired) electrons. The van der Waals surface area contributed by atoms with Crippen LogP contribution in [-0.4, -0.2) is 29.4 Å². The predicted octanol–water partition coefficient (Wildman–Crippen LogP) is 2.84. The van der Waals surface area contributed by atoms with E-state index in [2.05, 4.69) is 4.98 Å². The normalized spacial score (nSPS) is 13.1. The van der Waals surface area contributed by atoms with Crippen molar-refractivity contribution in [2.24, 2.45) is 0 Å². The Bertz CT molecular complexity index is 781. The Kier molecular flexibility index (Phi) is 4.37. The quantitative estimate of drug-likeness (QED) is 0.480. The van der Waals surface area contributed by atoms with Gasteiger partial charge in [0.25, 0.3) is 11.8 Å². The van der Waals surface area contributed by atoms with Gasteiger partial charge in [0.2, 0.25) is 0 Å². The highest BCUT2D eigenvalue weighted by molar-refractivity contribution is 6.34. The molecule has 0 aliphatic carbocycles. The van der Waals surface area contributed by atoms with E-state index in [-0.39, 0.29) is 11.4 Å². The molecule has 6 nitrogen and oxygen atoms in total. The van der Waals surface area contributed by atoms with Crippen LogP contribution in [0.15, 0.2) is 42.6 Å². The summed E-state index contributed by atoms with van der Waals surface area (Å²) >= 11 is 0. The van der Waals surface area contributed by atoms with Crippen molar-refractivity contribution in [1.82, 2.24) is 4.98 Å². The van der Waals surface area contributed by atoms with E-state index in [1.54, 1.807) is 24.3 Å². The number of esters is 1. The molecule has 0 fully saturated rings. The SMILES string of the molecule is CCCCOC(=O)c1ccnc(N2C(=O)c3ccccc3C2=O)c1. The molecule has 0 atom stereocenters. The van der Waals surface area contributed by atoms with Gasteiger partial charge in [0.1, 0.15) is 5.82 Å². The van der Waals surface area contributed by atoms with E-state index in [1.165, 1.54) is 18.3 Å². The average Bonchev–Trinajstić information content (AvgIpc) is 2.86. The second-order valence-electron chi connectivity index (χ2n) is 5.38. The fraction of sp³-hybridized carbons (Fsp3) is 0.222. The number of fused-ring (bicyclic) bond motifs is 1. The number of imide groups is 1. The molecule has 3 rings (SSSR count). The molecule has 2 heterocycles. The van der Waals surface area contributed by atoms with Crippen molar-refractivity contribution in [2.75, 3.05) is 11.5 Å². The monoisotopic (exact) mass is 324 g/mol. The van der Waals surface area contributed by atoms with E-state index in [0.29, 0.717) is 17.7 Å². The van der Waals surface area contributed by atoms with Gasteiger partial charge in [-0.25, -0.2) is 14.7 Å². The number of nitrogens with zero attached hydrogens (tertiary/aromatic N) is 2. The van der Waals surface area contributed by atoms with Gasteiger partial charge < -0.3 is 4.74 Å². The summed E-state index contributed by atoms with van der Waals surface area (Å²) in [5.41, 5.74) is 0.924. The smallest absolute Gasteiger partial charge is 0.338 e. The van der Waals surface area contributed by atoms with Crippen molar-refractivity contribution < 1.29 is 19.1 Å². The maximum absolute atomic E-state index is 12.4. The number of benzene rings is 1. The van der Waals surface area contributed by atoms with Crippen LogP contribution in [-0.2, 0) is 4.74 Å². The summed E-state index contributed by atoms with van der Waals surface area (Å²) in [6, 6.07) is 9.48. The van der Waals surface area contributed by atoms with Crippen molar-refractivity contribution in [1.29, 1.82) is 0 Å². The number of hydrogen-bond acceptors (Lipinski definition) is 5. The van der Waals surface area contributed by atoms with Crippen LogP contribution < -0.4 is 4.90 Å². The minimum Gasteiger partial charge on any atom is -0.462 e. The summed E-state index contributed by atoms with van der Waals surface area (Å²) in [5.74, 6) is -1.27. The molecular weight excluding hydrogens is 308 g/mol. The molecular formula is C18H16N2O4. The summed E-state index contributed by atoms with van der Waals surface area (Å²) in [7, 11) is 0. The predicted molar refractivity (Wildman–Crippen MR) is 87.0 cm³/mol. The molecule has 0 saturated carbocycles. The zero-order valence-electron chi connectivity index (χ0n) is 13.2. The molecule has 1 aliphatic rings. The third-order valence-corrected chi connectivity index (χ3v) is 3.74. The van der Waals surface area contributed by atoms with E-state index in [0.717, 1.165) is 17.7 Å². The maximum atomic E-state index is 12.4. The minimum atomic E-state index is -0.497. The van der Waals surface area contributed by atoms with Gasteiger partial charge in [0.15, 0.2) is 0 Å². The molecule has 1 aromatic heterocycles. The molecule has 122 valence electrons. The first kappa shape index (κ1) is 15.9. The molecule has 0 bridgehead atoms. The lowest BCUT2D eigenvalue weighted by atomic mass is 10.1. The third kappa shape index (κ3) is 2.78. The molecule has 2 aromatic rings. The molecule has 0 spiro atoms. The summed E-state index contributed by atoms with van der Waals surface area (Å²) in [6.45, 7) is 2.33. The van der Waals surface area contributed by atoms with Crippen molar-refractivity contribution >= 4 is 23.6 Å². The molecule has 2 amide bonds. The Hall–Kier alpha value is -3.02. The lowest BCUT2D eigenvalue weighted by molar-refractivity contribution is 0.0499. The number of anilines is 1. The van der Waals surface area contributed by atoms with Gasteiger partial charge in [0, 0.05) is 6.20 Å². The molecule has 1 aliphatic heterocycles. The molecule has 0 unspecified atom stereocenters. The number of rotatable bonds is 5. The second-order valence-corrected chi connectivity index (χ2v) is 5.38. The van der Waals surface area contributed by atoms with Crippen LogP contribution in [0.3, 0.4) is 0 Å². The van der Waals surface area contributed by atoms with Gasteiger partial charge in [0.05, 0.1) is 23.3 Å². The van der Waals surface area contributed by atoms with Crippen LogP contribution in [0.4, 0.5) is 5.82 Å². The van der Waals surface area contributed by atoms with E-state index in [4.69, 9.17) is 4.74 Å². The number of amides is 2. The molecule has 1 aromatic carbocycles. The van der Waals surface area contributed by atoms with Gasteiger partial charge in [-0.15, -0.1) is 0 Å². The number of aromatic nitrogens is 1. The van der Waals surface area contributed by atoms with Crippen LogP contribution >= 0.6 is 0 Å². The first-order valence-electron chi connectivity index (χ1n) is 7.74. The first-order chi connectivity index (χ1) is 11.6. The topological polar surface area (TPSA) is 76.6 Å². The van der Waals surface area contributed by atoms with Gasteiger partial charge in [-0.05, 0) is 30.7 Å². The molecule has 0 N–H and O–H groups in total. The zero-order chi connectivity index (χ0) is 17.1. The summed E-state index contributed by atoms with van der Waals surface area (Å²) in [5, 5.41) is 0. The van der Waals surface area contributed by atoms with Gasteiger partial charge >= 0.3 is 5.97 Å². The largest absolute Gasteiger partial charge is 0.462 e. The van der Waals surface area contributed by atoms with Crippen molar-refractivity contribution in [3.63, 3.8) is 0 Å². The highest BCUT2D eigenvalue weighted by Crippen LogP contribution is 2.27. The fourth-order valence-corrected chi connectivity index (χ4v) is 2.46. The van der Waals surface area contributed by atoms with Crippen LogP contribution in [0.2, 0.25) is 0 Å². The van der Waals surface area contributed by atoms with Gasteiger partial charge in [-0.2, -0.15) is 0 Å². The maximum Gasteiger partial charge on any atom is 0.338 e. The van der Waals surface area contributed by atoms with Crippen LogP contribution in [0.1, 0.15) is 50.8 Å². The van der Waals surface area contributed by atoms with Gasteiger partial charge in [-0.3, -0.25) is 9.59 Å². The molecule has 0 saturated heterocycles. The van der Waals surface area contributed by atoms with E-state index < -0.39 is 17.8 Å². The third-order valence-electron chi connectivity index (χ3n) is 3.74. The lowest BCUT2D eigenvalue weighted by Crippen LogP contribution is -2.30. The zero-order valence-corrected chi connectivity index (χ0v) is 13.2. The number of hydrogen-bond donors (Lipinski definition) is 0. The van der Waals surface area contributed by atoms with E-state index in [9.17, 15) is 14.4 Å². The Morgan fingerprint density at radius 1 is 1.12 bits per heavy atom. The Balaban J connectivity index is 1.86. The number of pyridine rings is 1. The number of unbranched alkanes of at least 4 members (excludes halogenated alkanes) is 1. The number of carbonyl (C=O) groups excluding carboxylic acids is 3. The highest BCUT2D eigenvalue weighted by Gasteiger charge is 2.37. The average molecular weight is 324 g/mol. The Labute approximate surface area is 139 Å². The number of carbonyl (C=O) groups is 3. The van der Waals surface area contributed by atoms with Crippen molar-refractivity contribution in [2.45, 2.75) is 19.8 Å². The summed E-state index contributed by atoms with van der Waals surface area (Å²) in [6.07, 6.45) is 3.08. The summed E-state index contributed by atoms with van der Waals surface area (Å²) < 4.78 is 5.15. The standard InChI is InChI=1S/C18H16N2O4/c1-2-3-10-24-18(23)12-8-9-19-15(11-12)20-16(21)13-6-4-5-7-14(13)17(20)22/h4-9,11H,2-3,10H2,1H3. The summed E-state index contributed by atoms with van der Waals surface area (Å²) in [4.78, 5) is 42.0. The van der Waals surface area contributed by atoms with Gasteiger partial charge in [-0.1, -0.05) is 25.5 Å². The Morgan fingerprint density at radius 2 is 1.79 bits per heavy atom. The van der Waals surface area contributed by atoms with E-state index >= 15 is 0 Å². The van der Waals surface area contributed by atoms with Crippen LogP contribution in [0.25, 0.3) is 0 Å². The second kappa shape index (κ2) is 6.62. The van der Waals surface area contributed by atoms with Crippen molar-refractivity contribution in [3.8, 4) is 0 Å². The highest BCUT2D eigenvalue weighted by atomic mass is 16.5. The first-order valence-corrected chi connectivity index (χ1v) is 7.74. The molecule has 24 heavy (non-hydrogen) atoms. The fourth-order valence-electron chi connectivity index (χ4n) is 2.46. The number of ether oxygens (including phenoxy) is 1. The minimum absolute atomic E-state index is 0.117. The van der Waals surface area contributed by atoms with E-state index in [1.807, 2.05) is 6.92 Å². The Morgan fingerprint density at radius 3 is 2.42 bits per heavy atom. The van der Waals surface area contributed by atoms with Crippen LogP contribution in [0.5, 0.6) is 0 Å². The van der Waals surface area contributed by atoms with Crippen molar-refractivity contribution in [3.05, 3.63) is 59.3 Å².